The number of aromatic nitrogens is 1. The maximum Gasteiger partial charge on any atom is 0.122 e. The number of hydrogen-bond acceptors (Lipinski definition) is 4. The highest BCUT2D eigenvalue weighted by Crippen LogP contribution is 2.31. The van der Waals surface area contributed by atoms with Gasteiger partial charge in [0.2, 0.25) is 0 Å². The summed E-state index contributed by atoms with van der Waals surface area (Å²) >= 11 is 5.23. The first-order valence-electron chi connectivity index (χ1n) is 6.84. The molecule has 0 saturated carbocycles. The van der Waals surface area contributed by atoms with Gasteiger partial charge in [-0.1, -0.05) is 13.0 Å². The number of benzene rings is 1. The Morgan fingerprint density at radius 1 is 1.33 bits per heavy atom. The zero-order valence-corrected chi connectivity index (χ0v) is 14.6. The van der Waals surface area contributed by atoms with E-state index in [2.05, 4.69) is 45.3 Å². The zero-order valence-electron chi connectivity index (χ0n) is 12.2. The van der Waals surface area contributed by atoms with Gasteiger partial charge in [-0.05, 0) is 52.3 Å². The minimum Gasteiger partial charge on any atom is -0.496 e. The van der Waals surface area contributed by atoms with Gasteiger partial charge in [0.1, 0.15) is 10.8 Å². The van der Waals surface area contributed by atoms with Gasteiger partial charge in [0.05, 0.1) is 7.11 Å². The van der Waals surface area contributed by atoms with Gasteiger partial charge in [-0.15, -0.1) is 11.8 Å². The van der Waals surface area contributed by atoms with Crippen molar-refractivity contribution in [3.63, 3.8) is 0 Å². The second-order valence-corrected chi connectivity index (χ2v) is 6.32. The molecule has 3 nitrogen and oxygen atoms in total. The lowest BCUT2D eigenvalue weighted by Gasteiger charge is -2.11. The van der Waals surface area contributed by atoms with Crippen molar-refractivity contribution in [2.45, 2.75) is 24.2 Å². The average molecular weight is 367 g/mol. The van der Waals surface area contributed by atoms with Crippen molar-refractivity contribution in [2.24, 2.45) is 0 Å². The fourth-order valence-electron chi connectivity index (χ4n) is 1.95. The summed E-state index contributed by atoms with van der Waals surface area (Å²) in [6.45, 7) is 3.96. The van der Waals surface area contributed by atoms with Crippen molar-refractivity contribution in [3.8, 4) is 5.75 Å². The minimum atomic E-state index is 0.832. The molecule has 2 aromatic rings. The van der Waals surface area contributed by atoms with E-state index >= 15 is 0 Å². The first kappa shape index (κ1) is 16.3. The molecule has 112 valence electrons. The highest BCUT2D eigenvalue weighted by molar-refractivity contribution is 9.10. The third-order valence-corrected chi connectivity index (χ3v) is 4.97. The first-order valence-corrected chi connectivity index (χ1v) is 8.62. The summed E-state index contributed by atoms with van der Waals surface area (Å²) in [6, 6.07) is 10.3. The number of thioether (sulfide) groups is 1. The van der Waals surface area contributed by atoms with Crippen LogP contribution < -0.4 is 10.1 Å². The normalized spacial score (nSPS) is 10.6. The van der Waals surface area contributed by atoms with Crippen molar-refractivity contribution < 1.29 is 4.74 Å². The second kappa shape index (κ2) is 8.41. The van der Waals surface area contributed by atoms with E-state index in [4.69, 9.17) is 4.74 Å². The van der Waals surface area contributed by atoms with Gasteiger partial charge in [0.25, 0.3) is 0 Å². The van der Waals surface area contributed by atoms with E-state index in [9.17, 15) is 0 Å². The molecule has 0 saturated heterocycles. The van der Waals surface area contributed by atoms with Crippen molar-refractivity contribution in [1.82, 2.24) is 10.3 Å². The van der Waals surface area contributed by atoms with Crippen LogP contribution in [0, 0.1) is 0 Å². The van der Waals surface area contributed by atoms with Gasteiger partial charge < -0.3 is 10.1 Å². The molecule has 1 N–H and O–H groups in total. The van der Waals surface area contributed by atoms with E-state index in [1.807, 2.05) is 24.4 Å². The number of halogens is 1. The smallest absolute Gasteiger partial charge is 0.122 e. The highest BCUT2D eigenvalue weighted by Gasteiger charge is 2.07. The van der Waals surface area contributed by atoms with E-state index in [1.165, 1.54) is 11.1 Å². The van der Waals surface area contributed by atoms with Gasteiger partial charge in [-0.25, -0.2) is 4.98 Å². The molecule has 0 atom stereocenters. The van der Waals surface area contributed by atoms with Crippen LogP contribution in [0.1, 0.15) is 18.1 Å². The van der Waals surface area contributed by atoms with Gasteiger partial charge >= 0.3 is 0 Å². The topological polar surface area (TPSA) is 34.1 Å². The highest BCUT2D eigenvalue weighted by atomic mass is 79.9. The first-order chi connectivity index (χ1) is 10.2. The van der Waals surface area contributed by atoms with E-state index < -0.39 is 0 Å². The number of nitrogens with one attached hydrogen (secondary N) is 1. The van der Waals surface area contributed by atoms with E-state index in [0.717, 1.165) is 34.1 Å². The number of methoxy groups -OCH3 is 1. The number of rotatable bonds is 7. The molecule has 1 heterocycles. The van der Waals surface area contributed by atoms with E-state index in [1.54, 1.807) is 18.9 Å². The molecule has 1 aromatic carbocycles. The molecule has 0 aliphatic rings. The van der Waals surface area contributed by atoms with Crippen LogP contribution in [0.2, 0.25) is 0 Å². The van der Waals surface area contributed by atoms with Gasteiger partial charge in [0.15, 0.2) is 0 Å². The van der Waals surface area contributed by atoms with E-state index in [0.29, 0.717) is 0 Å². The molecular weight excluding hydrogens is 348 g/mol. The van der Waals surface area contributed by atoms with Crippen molar-refractivity contribution >= 4 is 27.7 Å². The van der Waals surface area contributed by atoms with Crippen LogP contribution in [0.5, 0.6) is 5.75 Å². The van der Waals surface area contributed by atoms with Crippen molar-refractivity contribution in [2.75, 3.05) is 13.7 Å². The quantitative estimate of drug-likeness (QED) is 0.742. The zero-order chi connectivity index (χ0) is 15.1. The molecule has 0 radical (unpaired) electrons. The van der Waals surface area contributed by atoms with Gasteiger partial charge in [0, 0.05) is 28.5 Å². The monoisotopic (exact) mass is 366 g/mol. The molecule has 21 heavy (non-hydrogen) atoms. The second-order valence-electron chi connectivity index (χ2n) is 4.51. The molecule has 0 aliphatic carbocycles. The van der Waals surface area contributed by atoms with Crippen LogP contribution in [0.4, 0.5) is 0 Å². The summed E-state index contributed by atoms with van der Waals surface area (Å²) in [5, 5.41) is 4.34. The SMILES string of the molecule is CCNCc1ccc(OC)c(CSc2ncccc2Br)c1. The summed E-state index contributed by atoms with van der Waals surface area (Å²) in [7, 11) is 1.71. The molecule has 0 aliphatic heterocycles. The third-order valence-electron chi connectivity index (χ3n) is 3.01. The number of ether oxygens (including phenoxy) is 1. The minimum absolute atomic E-state index is 0.832. The number of pyridine rings is 1. The summed E-state index contributed by atoms with van der Waals surface area (Å²) in [5.74, 6) is 1.76. The lowest BCUT2D eigenvalue weighted by molar-refractivity contribution is 0.411. The predicted octanol–water partition coefficient (Wildman–Crippen LogP) is 4.25. The van der Waals surface area contributed by atoms with Crippen LogP contribution in [-0.2, 0) is 12.3 Å². The van der Waals surface area contributed by atoms with Crippen LogP contribution in [0.25, 0.3) is 0 Å². The third kappa shape index (κ3) is 4.73. The Morgan fingerprint density at radius 2 is 2.19 bits per heavy atom. The predicted molar refractivity (Wildman–Crippen MR) is 91.9 cm³/mol. The lowest BCUT2D eigenvalue weighted by Crippen LogP contribution is -2.11. The fraction of sp³-hybridized carbons (Fsp3) is 0.312. The van der Waals surface area contributed by atoms with Crippen LogP contribution in [-0.4, -0.2) is 18.6 Å². The molecular formula is C16H19BrN2OS. The summed E-state index contributed by atoms with van der Waals surface area (Å²) < 4.78 is 6.48. The standard InChI is InChI=1S/C16H19BrN2OS/c1-3-18-10-12-6-7-15(20-2)13(9-12)11-21-16-14(17)5-4-8-19-16/h4-9,18H,3,10-11H2,1-2H3. The van der Waals surface area contributed by atoms with Crippen molar-refractivity contribution in [3.05, 3.63) is 52.1 Å². The Bertz CT molecular complexity index is 592. The summed E-state index contributed by atoms with van der Waals surface area (Å²) in [6.07, 6.45) is 1.81. The Balaban J connectivity index is 2.12. The van der Waals surface area contributed by atoms with Gasteiger partial charge in [-0.2, -0.15) is 0 Å². The number of nitrogens with zero attached hydrogens (tertiary/aromatic N) is 1. The Hall–Kier alpha value is -1.04. The molecule has 5 heteroatoms. The maximum absolute atomic E-state index is 5.46. The van der Waals surface area contributed by atoms with Crippen molar-refractivity contribution in [1.29, 1.82) is 0 Å². The molecule has 1 aromatic heterocycles. The molecule has 0 unspecified atom stereocenters. The Kier molecular flexibility index (Phi) is 6.54. The maximum atomic E-state index is 5.46. The molecule has 0 spiro atoms. The fourth-order valence-corrected chi connectivity index (χ4v) is 3.41. The van der Waals surface area contributed by atoms with Crippen LogP contribution in [0.15, 0.2) is 46.0 Å². The summed E-state index contributed by atoms with van der Waals surface area (Å²) in [4.78, 5) is 4.38. The van der Waals surface area contributed by atoms with E-state index in [-0.39, 0.29) is 0 Å². The average Bonchev–Trinajstić information content (AvgIpc) is 2.52. The van der Waals surface area contributed by atoms with Crippen LogP contribution >= 0.6 is 27.7 Å². The van der Waals surface area contributed by atoms with Gasteiger partial charge in [-0.3, -0.25) is 0 Å². The number of hydrogen-bond donors (Lipinski definition) is 1. The molecule has 0 bridgehead atoms. The molecule has 0 amide bonds. The Morgan fingerprint density at radius 3 is 2.90 bits per heavy atom. The Labute approximate surface area is 138 Å². The molecule has 2 rings (SSSR count). The lowest BCUT2D eigenvalue weighted by atomic mass is 10.1. The molecule has 0 fully saturated rings. The van der Waals surface area contributed by atoms with Crippen LogP contribution in [0.3, 0.4) is 0 Å². The summed E-state index contributed by atoms with van der Waals surface area (Å²) in [5.41, 5.74) is 2.46. The largest absolute Gasteiger partial charge is 0.496 e.